The van der Waals surface area contributed by atoms with E-state index >= 15 is 0 Å². The summed E-state index contributed by atoms with van der Waals surface area (Å²) in [4.78, 5) is 11.0. The van der Waals surface area contributed by atoms with Crippen LogP contribution in [0.2, 0.25) is 0 Å². The summed E-state index contributed by atoms with van der Waals surface area (Å²) in [6.45, 7) is -0.0660. The van der Waals surface area contributed by atoms with Crippen LogP contribution in [0.5, 0.6) is 11.5 Å². The number of nitro groups is 1. The highest BCUT2D eigenvalue weighted by Crippen LogP contribution is 2.36. The van der Waals surface area contributed by atoms with Crippen LogP contribution >= 0.6 is 0 Å². The molecule has 0 bridgehead atoms. The number of benzene rings is 3. The van der Waals surface area contributed by atoms with Crippen molar-refractivity contribution in [2.75, 3.05) is 14.2 Å². The fourth-order valence-electron chi connectivity index (χ4n) is 3.39. The number of methoxy groups -OCH3 is 2. The van der Waals surface area contributed by atoms with E-state index in [0.29, 0.717) is 16.9 Å². The summed E-state index contributed by atoms with van der Waals surface area (Å²) in [5.41, 5.74) is 3.47. The van der Waals surface area contributed by atoms with Crippen molar-refractivity contribution in [2.24, 2.45) is 0 Å². The second-order valence-electron chi connectivity index (χ2n) is 6.75. The molecule has 0 aromatic heterocycles. The van der Waals surface area contributed by atoms with Crippen molar-refractivity contribution in [2.45, 2.75) is 19.1 Å². The van der Waals surface area contributed by atoms with Crippen LogP contribution in [0.4, 0.5) is 5.69 Å². The Morgan fingerprint density at radius 2 is 1.60 bits per heavy atom. The van der Waals surface area contributed by atoms with Crippen LogP contribution < -0.4 is 9.47 Å². The molecule has 0 aliphatic rings. The number of rotatable bonds is 8. The molecular weight excluding hydrogens is 386 g/mol. The normalized spacial score (nSPS) is 11.7. The van der Waals surface area contributed by atoms with E-state index < -0.39 is 11.0 Å². The second kappa shape index (κ2) is 9.39. The number of hydrogen-bond acceptors (Lipinski definition) is 6. The molecule has 3 aromatic rings. The topological polar surface area (TPSA) is 102 Å². The minimum absolute atomic E-state index is 0.0449. The van der Waals surface area contributed by atoms with Crippen molar-refractivity contribution in [3.8, 4) is 22.6 Å². The molecule has 0 heterocycles. The SMILES string of the molecule is COc1cc(CC(O)c2ccc(-c3ccccc3CO)cc2)c([N+](=O)[O-])cc1OC. The Labute approximate surface area is 174 Å². The Hall–Kier alpha value is -3.42. The van der Waals surface area contributed by atoms with E-state index in [2.05, 4.69) is 0 Å². The Morgan fingerprint density at radius 3 is 2.20 bits per heavy atom. The fraction of sp³-hybridized carbons (Fsp3) is 0.217. The van der Waals surface area contributed by atoms with Crippen molar-refractivity contribution in [1.82, 2.24) is 0 Å². The zero-order valence-electron chi connectivity index (χ0n) is 16.7. The van der Waals surface area contributed by atoms with E-state index in [-0.39, 0.29) is 24.5 Å². The maximum atomic E-state index is 11.5. The molecule has 0 saturated heterocycles. The average Bonchev–Trinajstić information content (AvgIpc) is 2.78. The third-order valence-electron chi connectivity index (χ3n) is 4.99. The van der Waals surface area contributed by atoms with Gasteiger partial charge in [-0.1, -0.05) is 48.5 Å². The summed E-state index contributed by atoms with van der Waals surface area (Å²) < 4.78 is 10.4. The van der Waals surface area contributed by atoms with Crippen molar-refractivity contribution in [3.05, 3.63) is 87.5 Å². The van der Waals surface area contributed by atoms with E-state index in [1.165, 1.54) is 26.4 Å². The maximum Gasteiger partial charge on any atom is 0.276 e. The van der Waals surface area contributed by atoms with Gasteiger partial charge in [0.15, 0.2) is 11.5 Å². The lowest BCUT2D eigenvalue weighted by Crippen LogP contribution is -2.06. The van der Waals surface area contributed by atoms with Gasteiger partial charge >= 0.3 is 0 Å². The van der Waals surface area contributed by atoms with Gasteiger partial charge in [0.05, 0.1) is 37.9 Å². The molecule has 3 aromatic carbocycles. The number of nitrogens with zero attached hydrogens (tertiary/aromatic N) is 1. The van der Waals surface area contributed by atoms with Crippen LogP contribution in [0.15, 0.2) is 60.7 Å². The number of aliphatic hydroxyl groups excluding tert-OH is 2. The lowest BCUT2D eigenvalue weighted by Gasteiger charge is -2.15. The van der Waals surface area contributed by atoms with E-state index in [9.17, 15) is 20.3 Å². The largest absolute Gasteiger partial charge is 0.493 e. The molecule has 7 heteroatoms. The van der Waals surface area contributed by atoms with Crippen LogP contribution in [-0.2, 0) is 13.0 Å². The van der Waals surface area contributed by atoms with Gasteiger partial charge in [0.25, 0.3) is 5.69 Å². The minimum Gasteiger partial charge on any atom is -0.493 e. The Bertz CT molecular complexity index is 1030. The van der Waals surface area contributed by atoms with Gasteiger partial charge in [-0.05, 0) is 28.3 Å². The highest BCUT2D eigenvalue weighted by Gasteiger charge is 2.22. The predicted octanol–water partition coefficient (Wildman–Crippen LogP) is 4.05. The summed E-state index contributed by atoms with van der Waals surface area (Å²) in [5, 5.41) is 31.7. The van der Waals surface area contributed by atoms with Gasteiger partial charge in [0.1, 0.15) is 0 Å². The molecule has 3 rings (SSSR count). The first-order valence-electron chi connectivity index (χ1n) is 9.35. The lowest BCUT2D eigenvalue weighted by molar-refractivity contribution is -0.385. The summed E-state index contributed by atoms with van der Waals surface area (Å²) in [6, 6.07) is 17.6. The molecule has 7 nitrogen and oxygen atoms in total. The molecule has 0 amide bonds. The Morgan fingerprint density at radius 1 is 0.967 bits per heavy atom. The summed E-state index contributed by atoms with van der Waals surface area (Å²) in [5.74, 6) is 0.621. The Balaban J connectivity index is 1.87. The van der Waals surface area contributed by atoms with Crippen LogP contribution in [0.3, 0.4) is 0 Å². The molecule has 0 aliphatic carbocycles. The van der Waals surface area contributed by atoms with Crippen LogP contribution in [0.1, 0.15) is 22.8 Å². The molecule has 1 atom stereocenters. The van der Waals surface area contributed by atoms with Gasteiger partial charge in [-0.2, -0.15) is 0 Å². The first-order valence-corrected chi connectivity index (χ1v) is 9.35. The zero-order valence-corrected chi connectivity index (χ0v) is 16.7. The maximum absolute atomic E-state index is 11.5. The first kappa shape index (κ1) is 21.3. The summed E-state index contributed by atoms with van der Waals surface area (Å²) in [7, 11) is 2.86. The van der Waals surface area contributed by atoms with Crippen LogP contribution in [0.25, 0.3) is 11.1 Å². The highest BCUT2D eigenvalue weighted by molar-refractivity contribution is 5.67. The third-order valence-corrected chi connectivity index (χ3v) is 4.99. The summed E-state index contributed by atoms with van der Waals surface area (Å²) in [6.07, 6.45) is -0.896. The standard InChI is InChI=1S/C23H23NO6/c1-29-22-12-18(20(24(27)28)13-23(22)30-2)11-21(26)16-9-7-15(8-10-16)19-6-4-3-5-17(19)14-25/h3-10,12-13,21,25-26H,11,14H2,1-2H3. The van der Waals surface area contributed by atoms with Gasteiger partial charge in [0.2, 0.25) is 0 Å². The van der Waals surface area contributed by atoms with Gasteiger partial charge in [-0.25, -0.2) is 0 Å². The molecule has 0 aliphatic heterocycles. The monoisotopic (exact) mass is 409 g/mol. The highest BCUT2D eigenvalue weighted by atomic mass is 16.6. The van der Waals surface area contributed by atoms with Crippen molar-refractivity contribution < 1.29 is 24.6 Å². The second-order valence-corrected chi connectivity index (χ2v) is 6.75. The molecule has 1 unspecified atom stereocenters. The first-order chi connectivity index (χ1) is 14.5. The van der Waals surface area contributed by atoms with Gasteiger partial charge in [0, 0.05) is 12.0 Å². The van der Waals surface area contributed by atoms with Crippen molar-refractivity contribution >= 4 is 5.69 Å². The molecule has 0 radical (unpaired) electrons. The van der Waals surface area contributed by atoms with E-state index in [4.69, 9.17) is 9.47 Å². The van der Waals surface area contributed by atoms with Crippen LogP contribution in [0, 0.1) is 10.1 Å². The van der Waals surface area contributed by atoms with Crippen molar-refractivity contribution in [3.63, 3.8) is 0 Å². The minimum atomic E-state index is -0.941. The fourth-order valence-corrected chi connectivity index (χ4v) is 3.39. The number of nitro benzene ring substituents is 1. The lowest BCUT2D eigenvalue weighted by atomic mass is 9.95. The smallest absolute Gasteiger partial charge is 0.276 e. The molecular formula is C23H23NO6. The summed E-state index contributed by atoms with van der Waals surface area (Å²) >= 11 is 0. The zero-order chi connectivity index (χ0) is 21.7. The molecule has 2 N–H and O–H groups in total. The van der Waals surface area contributed by atoms with Crippen molar-refractivity contribution in [1.29, 1.82) is 0 Å². The van der Waals surface area contributed by atoms with E-state index in [0.717, 1.165) is 16.7 Å². The quantitative estimate of drug-likeness (QED) is 0.430. The molecule has 30 heavy (non-hydrogen) atoms. The van der Waals surface area contributed by atoms with E-state index in [1.54, 1.807) is 12.1 Å². The molecule has 0 spiro atoms. The third kappa shape index (κ3) is 4.42. The van der Waals surface area contributed by atoms with Gasteiger partial charge in [-0.3, -0.25) is 10.1 Å². The van der Waals surface area contributed by atoms with Gasteiger partial charge in [-0.15, -0.1) is 0 Å². The predicted molar refractivity (Wildman–Crippen MR) is 113 cm³/mol. The van der Waals surface area contributed by atoms with E-state index in [1.807, 2.05) is 36.4 Å². The molecule has 156 valence electrons. The van der Waals surface area contributed by atoms with Gasteiger partial charge < -0.3 is 19.7 Å². The average molecular weight is 409 g/mol. The van der Waals surface area contributed by atoms with Crippen LogP contribution in [-0.4, -0.2) is 29.4 Å². The number of aliphatic hydroxyl groups is 2. The molecule has 0 saturated carbocycles. The Kier molecular flexibility index (Phi) is 6.66. The number of hydrogen-bond donors (Lipinski definition) is 2. The molecule has 0 fully saturated rings. The number of ether oxygens (including phenoxy) is 2.